The molecule has 5 rings (SSSR count). The molecule has 0 radical (unpaired) electrons. The number of anilines is 3. The number of para-hydroxylation sites is 1. The summed E-state index contributed by atoms with van der Waals surface area (Å²) in [4.78, 5) is 5.01. The van der Waals surface area contributed by atoms with Gasteiger partial charge in [-0.05, 0) is 117 Å². The van der Waals surface area contributed by atoms with Crippen molar-refractivity contribution >= 4 is 34.8 Å². The van der Waals surface area contributed by atoms with Crippen LogP contribution in [0.3, 0.4) is 0 Å². The quantitative estimate of drug-likeness (QED) is 0.487. The van der Waals surface area contributed by atoms with Gasteiger partial charge < -0.3 is 9.71 Å². The Morgan fingerprint density at radius 1 is 0.600 bits per heavy atom. The molecule has 0 fully saturated rings. The number of nitrogens with zero attached hydrogens (tertiary/aromatic N) is 2. The zero-order chi connectivity index (χ0) is 21.6. The van der Waals surface area contributed by atoms with E-state index in [0.717, 1.165) is 0 Å². The van der Waals surface area contributed by atoms with Crippen LogP contribution >= 0.6 is 0 Å². The van der Waals surface area contributed by atoms with Crippen LogP contribution in [-0.2, 0) is 0 Å². The van der Waals surface area contributed by atoms with E-state index >= 15 is 0 Å². The second-order valence-electron chi connectivity index (χ2n) is 9.36. The van der Waals surface area contributed by atoms with Crippen LogP contribution in [0.15, 0.2) is 24.3 Å². The van der Waals surface area contributed by atoms with Gasteiger partial charge in [-0.1, -0.05) is 18.2 Å². The first kappa shape index (κ1) is 19.3. The van der Waals surface area contributed by atoms with E-state index in [0.29, 0.717) is 0 Å². The van der Waals surface area contributed by atoms with E-state index in [4.69, 9.17) is 0 Å². The molecular formula is C27H31BN2. The Morgan fingerprint density at radius 2 is 1.13 bits per heavy atom. The van der Waals surface area contributed by atoms with Gasteiger partial charge in [0.1, 0.15) is 0 Å². The number of benzene rings is 3. The molecule has 2 aliphatic heterocycles. The van der Waals surface area contributed by atoms with Crippen molar-refractivity contribution in [3.8, 4) is 11.1 Å². The summed E-state index contributed by atoms with van der Waals surface area (Å²) in [5.74, 6) is 0. The van der Waals surface area contributed by atoms with Gasteiger partial charge in [0.05, 0.1) is 0 Å². The van der Waals surface area contributed by atoms with Gasteiger partial charge in [-0.25, -0.2) is 0 Å². The summed E-state index contributed by atoms with van der Waals surface area (Å²) in [5.41, 5.74) is 19.8. The molecular weight excluding hydrogens is 363 g/mol. The SMILES string of the molecule is Cc1c(C)c(C)c2c(c1C)B1c3c(c(C)c(C)c(C)c3N2C)-c2ccccc2N1C. The summed E-state index contributed by atoms with van der Waals surface area (Å²) in [5, 5.41) is 0. The highest BCUT2D eigenvalue weighted by atomic mass is 15.1. The minimum absolute atomic E-state index is 0.243. The van der Waals surface area contributed by atoms with Crippen LogP contribution in [0, 0.1) is 48.5 Å². The van der Waals surface area contributed by atoms with Crippen molar-refractivity contribution in [2.75, 3.05) is 23.8 Å². The van der Waals surface area contributed by atoms with Crippen LogP contribution < -0.4 is 20.6 Å². The fourth-order valence-corrected chi connectivity index (χ4v) is 6.08. The fourth-order valence-electron chi connectivity index (χ4n) is 6.08. The molecule has 0 bridgehead atoms. The van der Waals surface area contributed by atoms with Gasteiger partial charge >= 0.3 is 6.85 Å². The topological polar surface area (TPSA) is 6.48 Å². The van der Waals surface area contributed by atoms with Gasteiger partial charge in [-0.2, -0.15) is 0 Å². The normalized spacial score (nSPS) is 14.0. The lowest BCUT2D eigenvalue weighted by Gasteiger charge is -2.46. The van der Waals surface area contributed by atoms with Gasteiger partial charge in [-0.15, -0.1) is 0 Å². The molecule has 0 saturated carbocycles. The first-order valence-corrected chi connectivity index (χ1v) is 11.0. The van der Waals surface area contributed by atoms with Crippen LogP contribution in [-0.4, -0.2) is 20.9 Å². The van der Waals surface area contributed by atoms with Crippen molar-refractivity contribution in [2.45, 2.75) is 48.5 Å². The molecule has 0 N–H and O–H groups in total. The molecule has 0 saturated heterocycles. The van der Waals surface area contributed by atoms with Crippen molar-refractivity contribution in [3.63, 3.8) is 0 Å². The third-order valence-corrected chi connectivity index (χ3v) is 8.24. The largest absolute Gasteiger partial charge is 0.409 e. The Hall–Kier alpha value is -2.68. The number of fused-ring (bicyclic) bond motifs is 4. The molecule has 0 amide bonds. The van der Waals surface area contributed by atoms with E-state index in [-0.39, 0.29) is 6.85 Å². The van der Waals surface area contributed by atoms with Crippen LogP contribution in [0.5, 0.6) is 0 Å². The van der Waals surface area contributed by atoms with E-state index in [1.54, 1.807) is 0 Å². The molecule has 30 heavy (non-hydrogen) atoms. The van der Waals surface area contributed by atoms with Crippen molar-refractivity contribution in [2.24, 2.45) is 0 Å². The van der Waals surface area contributed by atoms with E-state index in [1.165, 1.54) is 78.1 Å². The summed E-state index contributed by atoms with van der Waals surface area (Å²) in [7, 11) is 4.55. The Balaban J connectivity index is 2.02. The van der Waals surface area contributed by atoms with E-state index < -0.39 is 0 Å². The lowest BCUT2D eigenvalue weighted by molar-refractivity contribution is 1.11. The van der Waals surface area contributed by atoms with Gasteiger partial charge in [0.25, 0.3) is 0 Å². The molecule has 2 heterocycles. The molecule has 3 heteroatoms. The second-order valence-corrected chi connectivity index (χ2v) is 9.36. The van der Waals surface area contributed by atoms with Crippen LogP contribution in [0.1, 0.15) is 38.9 Å². The molecule has 152 valence electrons. The summed E-state index contributed by atoms with van der Waals surface area (Å²) in [6, 6.07) is 8.94. The predicted octanol–water partition coefficient (Wildman–Crippen LogP) is 5.15. The predicted molar refractivity (Wildman–Crippen MR) is 133 cm³/mol. The Bertz CT molecular complexity index is 1250. The Labute approximate surface area is 181 Å². The van der Waals surface area contributed by atoms with Crippen molar-refractivity contribution in [1.29, 1.82) is 0 Å². The molecule has 0 atom stereocenters. The Kier molecular flexibility index (Phi) is 3.97. The van der Waals surface area contributed by atoms with Crippen LogP contribution in [0.25, 0.3) is 11.1 Å². The highest BCUT2D eigenvalue weighted by Gasteiger charge is 2.45. The highest BCUT2D eigenvalue weighted by Crippen LogP contribution is 2.45. The molecule has 3 aromatic rings. The minimum atomic E-state index is 0.243. The Morgan fingerprint density at radius 3 is 1.80 bits per heavy atom. The fraction of sp³-hybridized carbons (Fsp3) is 0.333. The summed E-state index contributed by atoms with van der Waals surface area (Å²) in [6.07, 6.45) is 0. The number of hydrogen-bond acceptors (Lipinski definition) is 2. The maximum absolute atomic E-state index is 2.52. The molecule has 0 aromatic heterocycles. The average Bonchev–Trinajstić information content (AvgIpc) is 2.73. The summed E-state index contributed by atoms with van der Waals surface area (Å²) in [6.45, 7) is 16.3. The maximum Gasteiger partial charge on any atom is 0.328 e. The molecule has 0 aliphatic carbocycles. The molecule has 3 aromatic carbocycles. The monoisotopic (exact) mass is 394 g/mol. The van der Waals surface area contributed by atoms with E-state index in [9.17, 15) is 0 Å². The summed E-state index contributed by atoms with van der Waals surface area (Å²) < 4.78 is 0. The van der Waals surface area contributed by atoms with Crippen molar-refractivity contribution < 1.29 is 0 Å². The maximum atomic E-state index is 2.52. The number of hydrogen-bond donors (Lipinski definition) is 0. The average molecular weight is 394 g/mol. The van der Waals surface area contributed by atoms with Gasteiger partial charge in [0.2, 0.25) is 0 Å². The third-order valence-electron chi connectivity index (χ3n) is 8.24. The highest BCUT2D eigenvalue weighted by molar-refractivity contribution is 6.93. The van der Waals surface area contributed by atoms with Gasteiger partial charge in [-0.3, -0.25) is 0 Å². The standard InChI is InChI=1S/C27H31BN2/c1-14-15(2)19(6)26-24(18(14)5)28-25-23(21-12-10-11-13-22(21)30(28)9)17(4)16(3)20(7)27(25)29(26)8/h10-13H,1-9H3. The van der Waals surface area contributed by atoms with Crippen molar-refractivity contribution in [3.05, 3.63) is 63.2 Å². The van der Waals surface area contributed by atoms with Gasteiger partial charge in [0, 0.05) is 29.7 Å². The lowest BCUT2D eigenvalue weighted by Crippen LogP contribution is -2.63. The second kappa shape index (κ2) is 6.17. The minimum Gasteiger partial charge on any atom is -0.409 e. The molecule has 0 spiro atoms. The number of rotatable bonds is 0. The molecule has 0 unspecified atom stereocenters. The molecule has 2 aliphatic rings. The first-order chi connectivity index (χ1) is 14.2. The van der Waals surface area contributed by atoms with Crippen LogP contribution in [0.2, 0.25) is 0 Å². The van der Waals surface area contributed by atoms with Gasteiger partial charge in [0.15, 0.2) is 0 Å². The van der Waals surface area contributed by atoms with Crippen LogP contribution in [0.4, 0.5) is 17.1 Å². The van der Waals surface area contributed by atoms with E-state index in [1.807, 2.05) is 0 Å². The zero-order valence-electron chi connectivity index (χ0n) is 19.8. The molecule has 2 nitrogen and oxygen atoms in total. The first-order valence-electron chi connectivity index (χ1n) is 11.0. The zero-order valence-corrected chi connectivity index (χ0v) is 19.8. The smallest absolute Gasteiger partial charge is 0.328 e. The summed E-state index contributed by atoms with van der Waals surface area (Å²) >= 11 is 0. The van der Waals surface area contributed by atoms with Crippen molar-refractivity contribution in [1.82, 2.24) is 0 Å². The lowest BCUT2D eigenvalue weighted by atomic mass is 9.42. The van der Waals surface area contributed by atoms with E-state index in [2.05, 4.69) is 96.5 Å². The third kappa shape index (κ3) is 2.11.